The van der Waals surface area contributed by atoms with E-state index in [1.165, 1.54) is 7.11 Å². The van der Waals surface area contributed by atoms with E-state index in [2.05, 4.69) is 10.6 Å². The minimum atomic E-state index is -4.94. The molecule has 3 heterocycles. The van der Waals surface area contributed by atoms with E-state index in [4.69, 9.17) is 19.2 Å². The number of methoxy groups -OCH3 is 1. The Kier molecular flexibility index (Phi) is 12.5. The van der Waals surface area contributed by atoms with E-state index in [0.717, 1.165) is 4.90 Å². The molecule has 1 saturated heterocycles. The van der Waals surface area contributed by atoms with Gasteiger partial charge in [0.1, 0.15) is 46.7 Å². The normalized spacial score (nSPS) is 28.0. The Balaban J connectivity index is 1.38. The Morgan fingerprint density at radius 1 is 1.10 bits per heavy atom. The average molecular weight is 883 g/mol. The van der Waals surface area contributed by atoms with Gasteiger partial charge in [0, 0.05) is 31.8 Å². The minimum Gasteiger partial charge on any atom is -0.497 e. The van der Waals surface area contributed by atoms with Crippen LogP contribution in [0.1, 0.15) is 72.6 Å². The third-order valence-electron chi connectivity index (χ3n) is 12.3. The molecule has 2 aliphatic carbocycles. The summed E-state index contributed by atoms with van der Waals surface area (Å²) >= 11 is 0. The number of anilines is 1. The molecule has 3 N–H and O–H groups in total. The smallest absolute Gasteiger partial charge is 0.427 e. The van der Waals surface area contributed by atoms with Crippen LogP contribution < -0.4 is 29.7 Å². The SMILES string of the molecule is COc1ccc2c(O[C@@H]3C[C@H]4C(=O)N[C@]5(C(=O)NS(=O)(=O)C6(CF)CC6)C[C@H]5C=CCC[C@@H](C)C[C@@H](C)[C@H](NC(=O)OC(C)(C)C(F)(F)F)C(=O)N4C3)nc(N(C)C)cc2c1. The van der Waals surface area contributed by atoms with Gasteiger partial charge in [-0.1, -0.05) is 26.0 Å². The largest absolute Gasteiger partial charge is 0.497 e. The van der Waals surface area contributed by atoms with E-state index in [1.54, 1.807) is 50.2 Å². The van der Waals surface area contributed by atoms with Crippen LogP contribution in [0.4, 0.5) is 28.2 Å². The van der Waals surface area contributed by atoms with Gasteiger partial charge in [0.25, 0.3) is 5.91 Å². The molecule has 2 aromatic rings. The highest BCUT2D eigenvalue weighted by Gasteiger charge is 2.64. The van der Waals surface area contributed by atoms with Crippen LogP contribution >= 0.6 is 0 Å². The van der Waals surface area contributed by atoms with Crippen LogP contribution in [0.25, 0.3) is 10.8 Å². The summed E-state index contributed by atoms with van der Waals surface area (Å²) in [7, 11) is 0.611. The zero-order valence-electron chi connectivity index (χ0n) is 35.2. The van der Waals surface area contributed by atoms with Gasteiger partial charge in [0.05, 0.1) is 13.7 Å². The van der Waals surface area contributed by atoms with Crippen molar-refractivity contribution in [3.63, 3.8) is 0 Å². The summed E-state index contributed by atoms with van der Waals surface area (Å²) in [5.41, 5.74) is -4.69. The third-order valence-corrected chi connectivity index (χ3v) is 14.4. The molecule has 2 aliphatic heterocycles. The molecule has 7 atom stereocenters. The number of benzene rings is 1. The molecular formula is C41H54F4N6O9S. The first-order valence-electron chi connectivity index (χ1n) is 20.3. The van der Waals surface area contributed by atoms with Gasteiger partial charge in [-0.2, -0.15) is 18.2 Å². The molecule has 0 bridgehead atoms. The van der Waals surface area contributed by atoms with Crippen molar-refractivity contribution in [2.75, 3.05) is 39.3 Å². The second kappa shape index (κ2) is 16.8. The second-order valence-corrected chi connectivity index (χ2v) is 19.7. The number of carbonyl (C=O) groups is 4. The number of halogens is 4. The van der Waals surface area contributed by atoms with Gasteiger partial charge in [0.2, 0.25) is 33.3 Å². The van der Waals surface area contributed by atoms with Gasteiger partial charge >= 0.3 is 12.3 Å². The number of carbonyl (C=O) groups excluding carboxylic acids is 4. The number of rotatable bonds is 10. The van der Waals surface area contributed by atoms with Gasteiger partial charge in [0.15, 0.2) is 0 Å². The lowest BCUT2D eigenvalue weighted by Gasteiger charge is -2.34. The molecule has 0 unspecified atom stereocenters. The number of ether oxygens (including phenoxy) is 3. The van der Waals surface area contributed by atoms with Gasteiger partial charge < -0.3 is 34.6 Å². The van der Waals surface area contributed by atoms with Crippen LogP contribution in [0.3, 0.4) is 0 Å². The fraction of sp³-hybridized carbons (Fsp3) is 0.634. The first-order chi connectivity index (χ1) is 28.5. The van der Waals surface area contributed by atoms with Crippen molar-refractivity contribution >= 4 is 50.4 Å². The Bertz CT molecular complexity index is 2180. The van der Waals surface area contributed by atoms with Crippen molar-refractivity contribution in [1.29, 1.82) is 0 Å². The average Bonchev–Trinajstić information content (AvgIpc) is 4.08. The van der Waals surface area contributed by atoms with E-state index < -0.39 is 92.6 Å². The summed E-state index contributed by atoms with van der Waals surface area (Å²) < 4.78 is 98.7. The van der Waals surface area contributed by atoms with E-state index in [9.17, 15) is 45.2 Å². The number of hydrogen-bond donors (Lipinski definition) is 3. The summed E-state index contributed by atoms with van der Waals surface area (Å²) in [5, 5.41) is 6.39. The topological polar surface area (TPSA) is 186 Å². The molecular weight excluding hydrogens is 829 g/mol. The Hall–Kier alpha value is -4.88. The lowest BCUT2D eigenvalue weighted by atomic mass is 9.88. The standard InChI is InChI=1S/C41H54F4N6O9S/c1-23-10-8-9-11-26-20-40(26,36(54)49-61(56,57)39(22-42)14-15-39)48-33(52)30-19-28(59-34-29-13-12-27(58-7)17-25(29)18-31(46-34)50(5)6)21-51(30)35(53)32(24(2)16-23)47-37(55)60-38(3,4)41(43,44)45/h9,11-13,17-18,23-24,26,28,30,32H,8,10,14-16,19-22H2,1-7H3,(H,47,55)(H,48,52)(H,49,54)/t23-,24-,26-,28-,30+,32+,40-/m1/s1. The maximum atomic E-state index is 14.8. The molecule has 2 saturated carbocycles. The van der Waals surface area contributed by atoms with Crippen molar-refractivity contribution in [2.45, 2.75) is 113 Å². The zero-order valence-corrected chi connectivity index (χ0v) is 36.0. The molecule has 0 spiro atoms. The number of pyridine rings is 1. The Morgan fingerprint density at radius 2 is 1.80 bits per heavy atom. The molecule has 6 rings (SSSR count). The number of hydrogen-bond acceptors (Lipinski definition) is 11. The third kappa shape index (κ3) is 9.33. The van der Waals surface area contributed by atoms with Crippen molar-refractivity contribution in [1.82, 2.24) is 25.2 Å². The molecule has 4 aliphatic rings. The maximum absolute atomic E-state index is 14.8. The number of nitrogens with one attached hydrogen (secondary N) is 3. The van der Waals surface area contributed by atoms with Crippen LogP contribution in [0.5, 0.6) is 11.6 Å². The predicted octanol–water partition coefficient (Wildman–Crippen LogP) is 4.93. The van der Waals surface area contributed by atoms with Gasteiger partial charge in [-0.3, -0.25) is 19.1 Å². The number of aromatic nitrogens is 1. The molecule has 61 heavy (non-hydrogen) atoms. The number of amides is 4. The molecule has 20 heteroatoms. The van der Waals surface area contributed by atoms with Crippen LogP contribution in [-0.2, 0) is 29.1 Å². The lowest BCUT2D eigenvalue weighted by Crippen LogP contribution is -2.60. The number of alkyl halides is 4. The van der Waals surface area contributed by atoms with Crippen LogP contribution in [0, 0.1) is 17.8 Å². The van der Waals surface area contributed by atoms with Gasteiger partial charge in [-0.15, -0.1) is 0 Å². The van der Waals surface area contributed by atoms with Crippen molar-refractivity contribution < 1.29 is 59.4 Å². The molecule has 0 radical (unpaired) electrons. The highest BCUT2D eigenvalue weighted by atomic mass is 32.2. The monoisotopic (exact) mass is 882 g/mol. The molecule has 4 amide bonds. The van der Waals surface area contributed by atoms with E-state index in [-0.39, 0.29) is 44.0 Å². The van der Waals surface area contributed by atoms with E-state index >= 15 is 0 Å². The number of nitrogens with zero attached hydrogens (tertiary/aromatic N) is 3. The first-order valence-corrected chi connectivity index (χ1v) is 21.8. The van der Waals surface area contributed by atoms with E-state index in [1.807, 2.05) is 23.8 Å². The van der Waals surface area contributed by atoms with Crippen molar-refractivity contribution in [3.05, 3.63) is 36.4 Å². The number of fused-ring (bicyclic) bond motifs is 3. The Labute approximate surface area is 352 Å². The molecule has 1 aromatic heterocycles. The van der Waals surface area contributed by atoms with Crippen LogP contribution in [0.15, 0.2) is 36.4 Å². The lowest BCUT2D eigenvalue weighted by molar-refractivity contribution is -0.244. The molecule has 336 valence electrons. The molecule has 15 nitrogen and oxygen atoms in total. The van der Waals surface area contributed by atoms with Crippen LogP contribution in [-0.4, -0.2) is 117 Å². The molecule has 3 fully saturated rings. The Morgan fingerprint density at radius 3 is 2.43 bits per heavy atom. The van der Waals surface area contributed by atoms with E-state index in [0.29, 0.717) is 55.4 Å². The fourth-order valence-electron chi connectivity index (χ4n) is 7.99. The number of allylic oxidation sites excluding steroid dienone is 1. The number of alkyl carbamates (subject to hydrolysis) is 1. The summed E-state index contributed by atoms with van der Waals surface area (Å²) in [6.45, 7) is 3.47. The summed E-state index contributed by atoms with van der Waals surface area (Å²) in [4.78, 5) is 64.2. The second-order valence-electron chi connectivity index (χ2n) is 17.6. The minimum absolute atomic E-state index is 0.00805. The first kappa shape index (κ1) is 45.6. The van der Waals surface area contributed by atoms with Crippen molar-refractivity contribution in [2.24, 2.45) is 17.8 Å². The highest BCUT2D eigenvalue weighted by Crippen LogP contribution is 2.48. The quantitative estimate of drug-likeness (QED) is 0.217. The predicted molar refractivity (Wildman–Crippen MR) is 216 cm³/mol. The van der Waals surface area contributed by atoms with Crippen molar-refractivity contribution in [3.8, 4) is 11.6 Å². The summed E-state index contributed by atoms with van der Waals surface area (Å²) in [5.74, 6) is -2.89. The zero-order chi connectivity index (χ0) is 44.9. The highest BCUT2D eigenvalue weighted by molar-refractivity contribution is 7.91. The fourth-order valence-corrected chi connectivity index (χ4v) is 9.42. The number of sulfonamides is 1. The summed E-state index contributed by atoms with van der Waals surface area (Å²) in [6.07, 6.45) is -2.56. The maximum Gasteiger partial charge on any atom is 0.427 e. The van der Waals surface area contributed by atoms with Crippen LogP contribution in [0.2, 0.25) is 0 Å². The molecule has 1 aromatic carbocycles. The van der Waals surface area contributed by atoms with Gasteiger partial charge in [-0.25, -0.2) is 17.6 Å². The van der Waals surface area contributed by atoms with Gasteiger partial charge in [-0.05, 0) is 93.9 Å². The summed E-state index contributed by atoms with van der Waals surface area (Å²) in [6, 6.07) is 4.18.